The van der Waals surface area contributed by atoms with E-state index in [4.69, 9.17) is 4.74 Å². The molecule has 0 aromatic heterocycles. The van der Waals surface area contributed by atoms with Crippen LogP contribution in [0.15, 0.2) is 18.2 Å². The largest absolute Gasteiger partial charge is 0.508 e. The minimum absolute atomic E-state index is 0.0732. The highest BCUT2D eigenvalue weighted by molar-refractivity contribution is 5.70. The summed E-state index contributed by atoms with van der Waals surface area (Å²) in [7, 11) is 0. The van der Waals surface area contributed by atoms with Crippen LogP contribution >= 0.6 is 0 Å². The molecule has 4 aliphatic rings. The summed E-state index contributed by atoms with van der Waals surface area (Å²) in [5, 5.41) is 9.89. The lowest BCUT2D eigenvalue weighted by Gasteiger charge is -2.50. The molecule has 0 heterocycles. The Labute approximate surface area is 188 Å². The molecule has 3 nitrogen and oxygen atoms in total. The van der Waals surface area contributed by atoms with Gasteiger partial charge >= 0.3 is 5.97 Å². The number of benzene rings is 1. The van der Waals surface area contributed by atoms with Crippen molar-refractivity contribution in [2.75, 3.05) is 0 Å². The zero-order chi connectivity index (χ0) is 21.4. The normalized spacial score (nSPS) is 35.9. The number of hydrogen-bond donors (Lipinski definition) is 1. The van der Waals surface area contributed by atoms with Crippen LogP contribution in [0.2, 0.25) is 0 Å². The van der Waals surface area contributed by atoms with Crippen LogP contribution in [0.5, 0.6) is 5.75 Å². The molecule has 0 saturated heterocycles. The van der Waals surface area contributed by atoms with E-state index in [0.717, 1.165) is 19.3 Å². The molecule has 0 radical (unpaired) electrons. The Kier molecular flexibility index (Phi) is 6.05. The lowest BCUT2D eigenvalue weighted by Crippen LogP contribution is -2.45. The maximum atomic E-state index is 12.9. The first kappa shape index (κ1) is 21.3. The van der Waals surface area contributed by atoms with Crippen molar-refractivity contribution in [1.29, 1.82) is 0 Å². The van der Waals surface area contributed by atoms with Gasteiger partial charge in [0.1, 0.15) is 11.9 Å². The number of aryl methyl sites for hydroxylation is 1. The number of aromatic hydroxyl groups is 1. The van der Waals surface area contributed by atoms with Gasteiger partial charge in [0.15, 0.2) is 0 Å². The van der Waals surface area contributed by atoms with Crippen LogP contribution in [0.25, 0.3) is 0 Å². The highest BCUT2D eigenvalue weighted by Crippen LogP contribution is 2.61. The van der Waals surface area contributed by atoms with Crippen molar-refractivity contribution in [2.45, 2.75) is 109 Å². The van der Waals surface area contributed by atoms with Gasteiger partial charge in [0, 0.05) is 11.8 Å². The first-order valence-electron chi connectivity index (χ1n) is 13.1. The topological polar surface area (TPSA) is 46.5 Å². The molecule has 0 unspecified atom stereocenters. The van der Waals surface area contributed by atoms with Crippen LogP contribution in [0.3, 0.4) is 0 Å². The van der Waals surface area contributed by atoms with Crippen LogP contribution in [0.1, 0.15) is 107 Å². The first-order valence-corrected chi connectivity index (χ1v) is 13.1. The molecular weight excluding hydrogens is 384 g/mol. The van der Waals surface area contributed by atoms with Crippen LogP contribution in [-0.4, -0.2) is 17.2 Å². The molecule has 1 N–H and O–H groups in total. The summed E-state index contributed by atoms with van der Waals surface area (Å²) in [5.74, 6) is 2.99. The van der Waals surface area contributed by atoms with E-state index in [0.29, 0.717) is 35.8 Å². The third kappa shape index (κ3) is 4.14. The number of esters is 1. The van der Waals surface area contributed by atoms with Crippen molar-refractivity contribution in [3.63, 3.8) is 0 Å². The van der Waals surface area contributed by atoms with E-state index in [1.807, 2.05) is 12.1 Å². The van der Waals surface area contributed by atoms with Crippen molar-refractivity contribution < 1.29 is 14.6 Å². The van der Waals surface area contributed by atoms with Crippen molar-refractivity contribution >= 4 is 5.97 Å². The van der Waals surface area contributed by atoms with Crippen molar-refractivity contribution in [1.82, 2.24) is 0 Å². The maximum absolute atomic E-state index is 12.9. The number of phenolic OH excluding ortho intramolecular Hbond substituents is 1. The number of carbonyl (C=O) groups is 1. The summed E-state index contributed by atoms with van der Waals surface area (Å²) >= 11 is 0. The predicted molar refractivity (Wildman–Crippen MR) is 123 cm³/mol. The quantitative estimate of drug-likeness (QED) is 0.536. The van der Waals surface area contributed by atoms with Gasteiger partial charge in [0.2, 0.25) is 0 Å². The van der Waals surface area contributed by atoms with Gasteiger partial charge in [-0.15, -0.1) is 0 Å². The van der Waals surface area contributed by atoms with E-state index in [-0.39, 0.29) is 17.5 Å². The predicted octanol–water partition coefficient (Wildman–Crippen LogP) is 6.91. The van der Waals surface area contributed by atoms with Gasteiger partial charge in [-0.25, -0.2) is 0 Å². The van der Waals surface area contributed by atoms with E-state index < -0.39 is 0 Å². The Morgan fingerprint density at radius 2 is 1.81 bits per heavy atom. The molecule has 3 heteroatoms. The Bertz CT molecular complexity index is 793. The highest BCUT2D eigenvalue weighted by Gasteiger charge is 2.56. The fourth-order valence-electron chi connectivity index (χ4n) is 7.90. The second-order valence-corrected chi connectivity index (χ2v) is 11.3. The molecule has 0 amide bonds. The van der Waals surface area contributed by atoms with Crippen LogP contribution < -0.4 is 0 Å². The van der Waals surface area contributed by atoms with Crippen LogP contribution in [0, 0.1) is 23.2 Å². The number of phenols is 1. The molecule has 1 aromatic carbocycles. The molecule has 4 aliphatic carbocycles. The smallest absolute Gasteiger partial charge is 0.306 e. The number of fused-ring (bicyclic) bond motifs is 5. The van der Waals surface area contributed by atoms with Crippen molar-refractivity contribution in [3.05, 3.63) is 29.3 Å². The zero-order valence-electron chi connectivity index (χ0n) is 19.3. The lowest BCUT2D eigenvalue weighted by atomic mass is 9.55. The standard InChI is InChI=1S/C28H40O3/c1-28-16-15-23-22-12-10-21(29)18-20(22)9-11-24(23)25(28)13-14-26(28)31-27(30)17-19-7-5-3-2-4-6-8-19/h10,12,18-19,23-26,29H,2-9,11,13-17H2,1H3/t23-,24+,25+,26+,28+/m1/s1. The summed E-state index contributed by atoms with van der Waals surface area (Å²) in [4.78, 5) is 12.9. The average molecular weight is 425 g/mol. The second-order valence-electron chi connectivity index (χ2n) is 11.3. The van der Waals surface area contributed by atoms with E-state index in [1.165, 1.54) is 75.3 Å². The third-order valence-corrected chi connectivity index (χ3v) is 9.58. The summed E-state index contributed by atoms with van der Waals surface area (Å²) < 4.78 is 6.25. The summed E-state index contributed by atoms with van der Waals surface area (Å²) in [5.41, 5.74) is 2.97. The number of rotatable bonds is 3. The molecule has 0 bridgehead atoms. The highest BCUT2D eigenvalue weighted by atomic mass is 16.5. The van der Waals surface area contributed by atoms with E-state index in [2.05, 4.69) is 13.0 Å². The summed E-state index contributed by atoms with van der Waals surface area (Å²) in [6.45, 7) is 2.42. The minimum Gasteiger partial charge on any atom is -0.508 e. The van der Waals surface area contributed by atoms with Crippen LogP contribution in [0.4, 0.5) is 0 Å². The van der Waals surface area contributed by atoms with Gasteiger partial charge < -0.3 is 9.84 Å². The Hall–Kier alpha value is -1.51. The first-order chi connectivity index (χ1) is 15.0. The SMILES string of the molecule is C[C@]12CC[C@@H]3c4ccc(O)cc4CC[C@@H]3[C@@H]1CC[C@@H]2OC(=O)CC1CCCCCCC1. The second kappa shape index (κ2) is 8.79. The van der Waals surface area contributed by atoms with Crippen molar-refractivity contribution in [3.8, 4) is 5.75 Å². The number of ether oxygens (including phenoxy) is 1. The molecule has 3 saturated carbocycles. The monoisotopic (exact) mass is 424 g/mol. The van der Waals surface area contributed by atoms with E-state index in [1.54, 1.807) is 0 Å². The fourth-order valence-corrected chi connectivity index (χ4v) is 7.90. The van der Waals surface area contributed by atoms with Gasteiger partial charge in [-0.05, 0) is 98.3 Å². The number of carbonyl (C=O) groups excluding carboxylic acids is 1. The van der Waals surface area contributed by atoms with Crippen LogP contribution in [-0.2, 0) is 16.0 Å². The molecule has 0 aliphatic heterocycles. The van der Waals surface area contributed by atoms with Gasteiger partial charge in [0.25, 0.3) is 0 Å². The molecular formula is C28H40O3. The molecule has 5 atom stereocenters. The Morgan fingerprint density at radius 3 is 2.61 bits per heavy atom. The van der Waals surface area contributed by atoms with Gasteiger partial charge in [-0.2, -0.15) is 0 Å². The Morgan fingerprint density at radius 1 is 1.03 bits per heavy atom. The lowest BCUT2D eigenvalue weighted by molar-refractivity contribution is -0.158. The fraction of sp³-hybridized carbons (Fsp3) is 0.750. The molecule has 3 fully saturated rings. The van der Waals surface area contributed by atoms with Crippen molar-refractivity contribution in [2.24, 2.45) is 23.2 Å². The van der Waals surface area contributed by atoms with E-state index in [9.17, 15) is 9.90 Å². The summed E-state index contributed by atoms with van der Waals surface area (Å²) in [6.07, 6.45) is 16.6. The average Bonchev–Trinajstić information content (AvgIpc) is 3.05. The molecule has 0 spiro atoms. The van der Waals surface area contributed by atoms with E-state index >= 15 is 0 Å². The van der Waals surface area contributed by atoms with Gasteiger partial charge in [-0.1, -0.05) is 45.1 Å². The minimum atomic E-state index is 0.0732. The summed E-state index contributed by atoms with van der Waals surface area (Å²) in [6, 6.07) is 6.02. The molecule has 170 valence electrons. The third-order valence-electron chi connectivity index (χ3n) is 9.58. The number of hydrogen-bond acceptors (Lipinski definition) is 3. The zero-order valence-corrected chi connectivity index (χ0v) is 19.3. The molecule has 5 rings (SSSR count). The Balaban J connectivity index is 1.24. The van der Waals surface area contributed by atoms with Gasteiger partial charge in [0.05, 0.1) is 0 Å². The molecule has 1 aromatic rings. The maximum Gasteiger partial charge on any atom is 0.306 e. The molecule has 31 heavy (non-hydrogen) atoms. The van der Waals surface area contributed by atoms with Gasteiger partial charge in [-0.3, -0.25) is 4.79 Å².